The van der Waals surface area contributed by atoms with Gasteiger partial charge in [0, 0.05) is 18.7 Å². The first-order chi connectivity index (χ1) is 12.1. The Labute approximate surface area is 154 Å². The zero-order chi connectivity index (χ0) is 17.8. The predicted molar refractivity (Wildman–Crippen MR) is 97.0 cm³/mol. The van der Waals surface area contributed by atoms with E-state index in [1.165, 1.54) is 16.8 Å². The third-order valence-corrected chi connectivity index (χ3v) is 4.88. The summed E-state index contributed by atoms with van der Waals surface area (Å²) in [5.41, 5.74) is 0.631. The van der Waals surface area contributed by atoms with Crippen LogP contribution < -0.4 is 4.74 Å². The van der Waals surface area contributed by atoms with Gasteiger partial charge in [0.1, 0.15) is 5.75 Å². The van der Waals surface area contributed by atoms with Crippen LogP contribution in [0.5, 0.6) is 5.75 Å². The van der Waals surface area contributed by atoms with E-state index in [-0.39, 0.29) is 5.91 Å². The predicted octanol–water partition coefficient (Wildman–Crippen LogP) is 1.60. The summed E-state index contributed by atoms with van der Waals surface area (Å²) in [7, 11) is 0. The molecule has 2 aliphatic heterocycles. The maximum atomic E-state index is 12.7. The number of benzene rings is 1. The molecule has 3 rings (SSSR count). The van der Waals surface area contributed by atoms with E-state index in [2.05, 4.69) is 0 Å². The molecular formula is C16H16N2O5S2. The standard InChI is InChI=1S/C16H16N2O5S2/c19-14(20)10-23-12-4-2-1-3-11(12)9-13-15(21)18(16(24)25-13)17-5-7-22-8-6-17/h1-4,9H,5-8,10H2,(H,19,20)/b13-9+. The second kappa shape index (κ2) is 7.96. The van der Waals surface area contributed by atoms with Gasteiger partial charge in [0.25, 0.3) is 5.91 Å². The minimum atomic E-state index is -1.06. The zero-order valence-electron chi connectivity index (χ0n) is 13.2. The topological polar surface area (TPSA) is 79.3 Å². The van der Waals surface area contributed by atoms with Crippen LogP contribution in [0.3, 0.4) is 0 Å². The molecular weight excluding hydrogens is 364 g/mol. The molecule has 0 radical (unpaired) electrons. The maximum absolute atomic E-state index is 12.7. The number of aliphatic carboxylic acids is 1. The summed E-state index contributed by atoms with van der Waals surface area (Å²) in [5.74, 6) is -0.847. The SMILES string of the molecule is O=C(O)COc1ccccc1/C=C1/SC(=S)N(N2CCOCC2)C1=O. The second-order valence-corrected chi connectivity index (χ2v) is 6.96. The number of hydrogen-bond acceptors (Lipinski definition) is 7. The van der Waals surface area contributed by atoms with Gasteiger partial charge in [0.2, 0.25) is 0 Å². The fourth-order valence-electron chi connectivity index (χ4n) is 2.47. The number of carbonyl (C=O) groups excluding carboxylic acids is 1. The Bertz CT molecular complexity index is 731. The van der Waals surface area contributed by atoms with Crippen molar-refractivity contribution in [3.63, 3.8) is 0 Å². The lowest BCUT2D eigenvalue weighted by atomic mass is 10.2. The van der Waals surface area contributed by atoms with Crippen molar-refractivity contribution >= 4 is 46.3 Å². The summed E-state index contributed by atoms with van der Waals surface area (Å²) in [5, 5.41) is 12.2. The van der Waals surface area contributed by atoms with Gasteiger partial charge < -0.3 is 14.6 Å². The number of hydrazine groups is 1. The van der Waals surface area contributed by atoms with Crippen LogP contribution in [0.15, 0.2) is 29.2 Å². The summed E-state index contributed by atoms with van der Waals surface area (Å²) in [4.78, 5) is 23.9. The molecule has 0 aliphatic carbocycles. The van der Waals surface area contributed by atoms with E-state index in [4.69, 9.17) is 26.8 Å². The molecule has 2 heterocycles. The first-order valence-corrected chi connectivity index (χ1v) is 8.83. The Balaban J connectivity index is 1.81. The number of carbonyl (C=O) groups is 2. The van der Waals surface area contributed by atoms with Gasteiger partial charge in [-0.05, 0) is 12.1 Å². The van der Waals surface area contributed by atoms with Crippen LogP contribution >= 0.6 is 24.0 Å². The van der Waals surface area contributed by atoms with Crippen molar-refractivity contribution in [2.45, 2.75) is 0 Å². The fraction of sp³-hybridized carbons (Fsp3) is 0.312. The lowest BCUT2D eigenvalue weighted by molar-refractivity contribution is -0.139. The van der Waals surface area contributed by atoms with E-state index in [9.17, 15) is 9.59 Å². The molecule has 0 saturated carbocycles. The summed E-state index contributed by atoms with van der Waals surface area (Å²) < 4.78 is 11.1. The number of para-hydroxylation sites is 1. The summed E-state index contributed by atoms with van der Waals surface area (Å²) >= 11 is 6.56. The highest BCUT2D eigenvalue weighted by Gasteiger charge is 2.37. The molecule has 0 spiro atoms. The molecule has 1 N–H and O–H groups in total. The van der Waals surface area contributed by atoms with E-state index in [1.54, 1.807) is 30.3 Å². The average molecular weight is 380 g/mol. The molecule has 0 aromatic heterocycles. The number of nitrogens with zero attached hydrogens (tertiary/aromatic N) is 2. The second-order valence-electron chi connectivity index (χ2n) is 5.28. The van der Waals surface area contributed by atoms with Gasteiger partial charge in [-0.1, -0.05) is 42.2 Å². The molecule has 0 unspecified atom stereocenters. The number of hydrogen-bond donors (Lipinski definition) is 1. The minimum Gasteiger partial charge on any atom is -0.481 e. The van der Waals surface area contributed by atoms with Crippen LogP contribution in [-0.2, 0) is 14.3 Å². The fourth-order valence-corrected chi connectivity index (χ4v) is 3.77. The highest BCUT2D eigenvalue weighted by Crippen LogP contribution is 2.35. The van der Waals surface area contributed by atoms with Crippen LogP contribution in [0.2, 0.25) is 0 Å². The van der Waals surface area contributed by atoms with Crippen LogP contribution in [0, 0.1) is 0 Å². The summed E-state index contributed by atoms with van der Waals surface area (Å²) in [6.07, 6.45) is 1.68. The van der Waals surface area contributed by atoms with Crippen LogP contribution in [0.1, 0.15) is 5.56 Å². The smallest absolute Gasteiger partial charge is 0.341 e. The van der Waals surface area contributed by atoms with Crippen molar-refractivity contribution < 1.29 is 24.2 Å². The van der Waals surface area contributed by atoms with Crippen molar-refractivity contribution in [2.24, 2.45) is 0 Å². The van der Waals surface area contributed by atoms with Gasteiger partial charge in [-0.25, -0.2) is 14.8 Å². The Hall–Kier alpha value is -1.94. The monoisotopic (exact) mass is 380 g/mol. The lowest BCUT2D eigenvalue weighted by Crippen LogP contribution is -2.50. The van der Waals surface area contributed by atoms with E-state index >= 15 is 0 Å². The molecule has 2 aliphatic rings. The molecule has 1 aromatic rings. The number of morpholine rings is 1. The molecule has 1 amide bonds. The molecule has 9 heteroatoms. The molecule has 1 aromatic carbocycles. The number of thioether (sulfide) groups is 1. The number of carboxylic acid groups (broad SMARTS) is 1. The molecule has 25 heavy (non-hydrogen) atoms. The molecule has 2 saturated heterocycles. The largest absolute Gasteiger partial charge is 0.481 e. The molecule has 0 atom stereocenters. The maximum Gasteiger partial charge on any atom is 0.341 e. The highest BCUT2D eigenvalue weighted by atomic mass is 32.2. The van der Waals surface area contributed by atoms with Gasteiger partial charge in [-0.15, -0.1) is 0 Å². The van der Waals surface area contributed by atoms with Crippen LogP contribution in [0.4, 0.5) is 0 Å². The minimum absolute atomic E-state index is 0.190. The van der Waals surface area contributed by atoms with Crippen molar-refractivity contribution in [3.05, 3.63) is 34.7 Å². The third-order valence-electron chi connectivity index (χ3n) is 3.60. The molecule has 7 nitrogen and oxygen atoms in total. The normalized spacial score (nSPS) is 20.3. The van der Waals surface area contributed by atoms with Gasteiger partial charge in [-0.2, -0.15) is 0 Å². The van der Waals surface area contributed by atoms with Gasteiger partial charge >= 0.3 is 5.97 Å². The molecule has 132 valence electrons. The van der Waals surface area contributed by atoms with Gasteiger partial charge in [0.15, 0.2) is 10.9 Å². The zero-order valence-corrected chi connectivity index (χ0v) is 14.8. The lowest BCUT2D eigenvalue weighted by Gasteiger charge is -2.33. The summed E-state index contributed by atoms with van der Waals surface area (Å²) in [6.45, 7) is 1.89. The Morgan fingerprint density at radius 1 is 1.36 bits per heavy atom. The number of rotatable bonds is 5. The van der Waals surface area contributed by atoms with E-state index in [1.807, 2.05) is 5.01 Å². The van der Waals surface area contributed by atoms with Crippen LogP contribution in [0.25, 0.3) is 6.08 Å². The van der Waals surface area contributed by atoms with Crippen molar-refractivity contribution in [2.75, 3.05) is 32.9 Å². The highest BCUT2D eigenvalue weighted by molar-refractivity contribution is 8.26. The molecule has 0 bridgehead atoms. The van der Waals surface area contributed by atoms with Crippen molar-refractivity contribution in [1.82, 2.24) is 10.0 Å². The van der Waals surface area contributed by atoms with Crippen LogP contribution in [-0.4, -0.2) is 64.2 Å². The summed E-state index contributed by atoms with van der Waals surface area (Å²) in [6, 6.07) is 6.96. The van der Waals surface area contributed by atoms with Gasteiger partial charge in [0.05, 0.1) is 18.1 Å². The van der Waals surface area contributed by atoms with E-state index in [0.717, 1.165) is 0 Å². The number of thiocarbonyl (C=S) groups is 1. The Kier molecular flexibility index (Phi) is 5.69. The average Bonchev–Trinajstić information content (AvgIpc) is 2.88. The third kappa shape index (κ3) is 4.18. The molecule has 2 fully saturated rings. The Morgan fingerprint density at radius 3 is 2.80 bits per heavy atom. The van der Waals surface area contributed by atoms with Gasteiger partial charge in [-0.3, -0.25) is 4.79 Å². The first kappa shape index (κ1) is 17.9. The number of amides is 1. The Morgan fingerprint density at radius 2 is 2.08 bits per heavy atom. The van der Waals surface area contributed by atoms with Crippen molar-refractivity contribution in [3.8, 4) is 5.75 Å². The van der Waals surface area contributed by atoms with E-state index in [0.29, 0.717) is 46.8 Å². The number of carboxylic acids is 1. The number of ether oxygens (including phenoxy) is 2. The van der Waals surface area contributed by atoms with Crippen molar-refractivity contribution in [1.29, 1.82) is 0 Å². The quantitative estimate of drug-likeness (QED) is 0.610. The first-order valence-electron chi connectivity index (χ1n) is 7.60. The van der Waals surface area contributed by atoms with E-state index < -0.39 is 12.6 Å².